The number of nitrogens with zero attached hydrogens (tertiary/aromatic N) is 2. The van der Waals surface area contributed by atoms with Crippen LogP contribution in [0.3, 0.4) is 0 Å². The zero-order valence-electron chi connectivity index (χ0n) is 11.9. The van der Waals surface area contributed by atoms with Crippen molar-refractivity contribution in [3.63, 3.8) is 0 Å². The highest BCUT2D eigenvalue weighted by molar-refractivity contribution is 6.30. The molecule has 0 unspecified atom stereocenters. The Balaban J connectivity index is 1.55. The standard InChI is InChI=1S/C16H20ClN3/c1-11(2)20-10-16(9-18-20)19-15-7-13(8-15)12-4-3-5-14(17)6-12/h3-6,9-11,13,15,19H,7-8H2,1-2H3. The van der Waals surface area contributed by atoms with Gasteiger partial charge in [0.05, 0.1) is 11.9 Å². The Morgan fingerprint density at radius 3 is 2.80 bits per heavy atom. The lowest BCUT2D eigenvalue weighted by molar-refractivity contribution is 0.374. The van der Waals surface area contributed by atoms with Crippen molar-refractivity contribution in [2.75, 3.05) is 5.32 Å². The molecular weight excluding hydrogens is 270 g/mol. The number of aromatic nitrogens is 2. The Kier molecular flexibility index (Phi) is 3.70. The third kappa shape index (κ3) is 2.83. The van der Waals surface area contributed by atoms with E-state index in [0.717, 1.165) is 23.6 Å². The van der Waals surface area contributed by atoms with Crippen LogP contribution in [0, 0.1) is 0 Å². The lowest BCUT2D eigenvalue weighted by atomic mass is 9.76. The van der Waals surface area contributed by atoms with Crippen LogP contribution >= 0.6 is 11.6 Å². The Bertz CT molecular complexity index is 585. The number of nitrogens with one attached hydrogen (secondary N) is 1. The third-order valence-electron chi connectivity index (χ3n) is 3.96. The number of benzene rings is 1. The first kappa shape index (κ1) is 13.5. The van der Waals surface area contributed by atoms with Crippen LogP contribution in [0.15, 0.2) is 36.7 Å². The topological polar surface area (TPSA) is 29.9 Å². The Labute approximate surface area is 124 Å². The second-order valence-corrected chi connectivity index (χ2v) is 6.30. The van der Waals surface area contributed by atoms with E-state index < -0.39 is 0 Å². The molecule has 106 valence electrons. The quantitative estimate of drug-likeness (QED) is 0.899. The number of hydrogen-bond acceptors (Lipinski definition) is 2. The molecule has 1 aliphatic carbocycles. The molecule has 0 radical (unpaired) electrons. The summed E-state index contributed by atoms with van der Waals surface area (Å²) < 4.78 is 1.98. The van der Waals surface area contributed by atoms with Crippen LogP contribution in [0.5, 0.6) is 0 Å². The smallest absolute Gasteiger partial charge is 0.0728 e. The molecule has 0 bridgehead atoms. The molecule has 0 atom stereocenters. The molecule has 1 aromatic carbocycles. The minimum absolute atomic E-state index is 0.408. The third-order valence-corrected chi connectivity index (χ3v) is 4.19. The molecule has 2 aromatic rings. The van der Waals surface area contributed by atoms with Crippen molar-refractivity contribution in [1.82, 2.24) is 9.78 Å². The average Bonchev–Trinajstić information content (AvgIpc) is 2.82. The van der Waals surface area contributed by atoms with E-state index in [1.54, 1.807) is 0 Å². The molecule has 0 aliphatic heterocycles. The van der Waals surface area contributed by atoms with E-state index in [-0.39, 0.29) is 0 Å². The summed E-state index contributed by atoms with van der Waals surface area (Å²) in [6.45, 7) is 4.27. The van der Waals surface area contributed by atoms with Gasteiger partial charge >= 0.3 is 0 Å². The summed E-state index contributed by atoms with van der Waals surface area (Å²) in [6, 6.07) is 9.17. The van der Waals surface area contributed by atoms with Crippen molar-refractivity contribution in [2.45, 2.75) is 44.7 Å². The van der Waals surface area contributed by atoms with Gasteiger partial charge in [-0.05, 0) is 50.3 Å². The van der Waals surface area contributed by atoms with Gasteiger partial charge in [-0.3, -0.25) is 4.68 Å². The van der Waals surface area contributed by atoms with Gasteiger partial charge in [-0.25, -0.2) is 0 Å². The molecule has 1 fully saturated rings. The molecule has 3 nitrogen and oxygen atoms in total. The van der Waals surface area contributed by atoms with E-state index in [1.165, 1.54) is 5.56 Å². The first-order valence-corrected chi connectivity index (χ1v) is 7.56. The molecular formula is C16H20ClN3. The van der Waals surface area contributed by atoms with Gasteiger partial charge in [0.2, 0.25) is 0 Å². The summed E-state index contributed by atoms with van der Waals surface area (Å²) in [5, 5.41) is 8.73. The molecule has 0 amide bonds. The summed E-state index contributed by atoms with van der Waals surface area (Å²) in [5.74, 6) is 0.631. The Hall–Kier alpha value is -1.48. The minimum Gasteiger partial charge on any atom is -0.380 e. The second-order valence-electron chi connectivity index (χ2n) is 5.87. The van der Waals surface area contributed by atoms with Gasteiger partial charge in [0.25, 0.3) is 0 Å². The van der Waals surface area contributed by atoms with Crippen LogP contribution < -0.4 is 5.32 Å². The van der Waals surface area contributed by atoms with Crippen molar-refractivity contribution in [3.05, 3.63) is 47.2 Å². The van der Waals surface area contributed by atoms with Crippen LogP contribution in [-0.4, -0.2) is 15.8 Å². The average molecular weight is 290 g/mol. The highest BCUT2D eigenvalue weighted by Gasteiger charge is 2.30. The van der Waals surface area contributed by atoms with Gasteiger partial charge in [0.1, 0.15) is 0 Å². The monoisotopic (exact) mass is 289 g/mol. The highest BCUT2D eigenvalue weighted by atomic mass is 35.5. The second kappa shape index (κ2) is 5.49. The SMILES string of the molecule is CC(C)n1cc(NC2CC(c3cccc(Cl)c3)C2)cn1. The minimum atomic E-state index is 0.408. The van der Waals surface area contributed by atoms with E-state index in [9.17, 15) is 0 Å². The van der Waals surface area contributed by atoms with Crippen molar-refractivity contribution in [2.24, 2.45) is 0 Å². The first-order valence-electron chi connectivity index (χ1n) is 7.18. The first-order chi connectivity index (χ1) is 9.61. The normalized spacial score (nSPS) is 21.8. The molecule has 0 spiro atoms. The fourth-order valence-corrected chi connectivity index (χ4v) is 2.90. The summed E-state index contributed by atoms with van der Waals surface area (Å²) >= 11 is 6.04. The van der Waals surface area contributed by atoms with Crippen molar-refractivity contribution in [1.29, 1.82) is 0 Å². The molecule has 1 N–H and O–H groups in total. The fraction of sp³-hybridized carbons (Fsp3) is 0.438. The maximum Gasteiger partial charge on any atom is 0.0728 e. The fourth-order valence-electron chi connectivity index (χ4n) is 2.70. The van der Waals surface area contributed by atoms with Gasteiger partial charge in [0, 0.05) is 23.3 Å². The van der Waals surface area contributed by atoms with E-state index in [2.05, 4.69) is 42.6 Å². The van der Waals surface area contributed by atoms with Crippen molar-refractivity contribution >= 4 is 17.3 Å². The van der Waals surface area contributed by atoms with Gasteiger partial charge in [-0.2, -0.15) is 5.10 Å². The van der Waals surface area contributed by atoms with Gasteiger partial charge in [0.15, 0.2) is 0 Å². The maximum atomic E-state index is 6.04. The summed E-state index contributed by atoms with van der Waals surface area (Å²) in [7, 11) is 0. The van der Waals surface area contributed by atoms with E-state index in [0.29, 0.717) is 18.0 Å². The van der Waals surface area contributed by atoms with Gasteiger partial charge in [-0.1, -0.05) is 23.7 Å². The molecule has 1 aromatic heterocycles. The predicted octanol–water partition coefficient (Wildman–Crippen LogP) is 4.48. The molecule has 0 saturated heterocycles. The van der Waals surface area contributed by atoms with Crippen LogP contribution in [-0.2, 0) is 0 Å². The summed E-state index contributed by atoms with van der Waals surface area (Å²) in [5.41, 5.74) is 2.47. The van der Waals surface area contributed by atoms with Gasteiger partial charge in [-0.15, -0.1) is 0 Å². The lowest BCUT2D eigenvalue weighted by Gasteiger charge is -2.36. The number of hydrogen-bond donors (Lipinski definition) is 1. The van der Waals surface area contributed by atoms with Crippen LogP contribution in [0.25, 0.3) is 0 Å². The van der Waals surface area contributed by atoms with Gasteiger partial charge < -0.3 is 5.32 Å². The van der Waals surface area contributed by atoms with E-state index in [1.807, 2.05) is 23.0 Å². The van der Waals surface area contributed by atoms with Crippen LogP contribution in [0.4, 0.5) is 5.69 Å². The molecule has 20 heavy (non-hydrogen) atoms. The molecule has 1 aliphatic rings. The van der Waals surface area contributed by atoms with E-state index >= 15 is 0 Å². The molecule has 1 heterocycles. The lowest BCUT2D eigenvalue weighted by Crippen LogP contribution is -2.33. The molecule has 3 rings (SSSR count). The van der Waals surface area contributed by atoms with E-state index in [4.69, 9.17) is 11.6 Å². The predicted molar refractivity (Wildman–Crippen MR) is 83.4 cm³/mol. The Morgan fingerprint density at radius 1 is 1.35 bits per heavy atom. The number of anilines is 1. The van der Waals surface area contributed by atoms with Crippen LogP contribution in [0.2, 0.25) is 5.02 Å². The number of rotatable bonds is 4. The summed E-state index contributed by atoms with van der Waals surface area (Å²) in [6.07, 6.45) is 6.31. The molecule has 4 heteroatoms. The zero-order chi connectivity index (χ0) is 14.1. The van der Waals surface area contributed by atoms with Crippen LogP contribution in [0.1, 0.15) is 44.2 Å². The largest absolute Gasteiger partial charge is 0.380 e. The molecule has 1 saturated carbocycles. The van der Waals surface area contributed by atoms with Crippen molar-refractivity contribution < 1.29 is 0 Å². The summed E-state index contributed by atoms with van der Waals surface area (Å²) in [4.78, 5) is 0. The maximum absolute atomic E-state index is 6.04. The van der Waals surface area contributed by atoms with Crippen molar-refractivity contribution in [3.8, 4) is 0 Å². The highest BCUT2D eigenvalue weighted by Crippen LogP contribution is 2.39. The number of halogens is 1. The zero-order valence-corrected chi connectivity index (χ0v) is 12.6. The Morgan fingerprint density at radius 2 is 2.15 bits per heavy atom.